The lowest BCUT2D eigenvalue weighted by Crippen LogP contribution is -2.15. The third-order valence-corrected chi connectivity index (χ3v) is 4.06. The molecule has 7 heteroatoms. The number of ketones is 1. The third-order valence-electron chi connectivity index (χ3n) is 4.06. The summed E-state index contributed by atoms with van der Waals surface area (Å²) in [7, 11) is 0. The Hall–Kier alpha value is -3.74. The normalized spacial score (nSPS) is 10.3. The summed E-state index contributed by atoms with van der Waals surface area (Å²) in [5, 5.41) is 5.88. The zero-order valence-electron chi connectivity index (χ0n) is 16.5. The van der Waals surface area contributed by atoms with Gasteiger partial charge in [0.05, 0.1) is 6.61 Å². The van der Waals surface area contributed by atoms with Crippen LogP contribution in [0.2, 0.25) is 0 Å². The Labute approximate surface area is 169 Å². The summed E-state index contributed by atoms with van der Waals surface area (Å²) in [4.78, 5) is 32.6. The number of nitrogens with zero attached hydrogens (tertiary/aromatic N) is 2. The third kappa shape index (κ3) is 5.38. The lowest BCUT2D eigenvalue weighted by Gasteiger charge is -2.10. The Morgan fingerprint density at radius 2 is 1.62 bits per heavy atom. The summed E-state index contributed by atoms with van der Waals surface area (Å²) in [5.41, 5.74) is 2.84. The fourth-order valence-electron chi connectivity index (χ4n) is 2.65. The van der Waals surface area contributed by atoms with Gasteiger partial charge in [-0.15, -0.1) is 0 Å². The molecule has 0 aliphatic carbocycles. The Morgan fingerprint density at radius 3 is 2.24 bits per heavy atom. The first-order valence-electron chi connectivity index (χ1n) is 9.22. The topological polar surface area (TPSA) is 93.2 Å². The number of hydrogen-bond donors (Lipinski definition) is 2. The number of Topliss-reactive ketones (excluding diaryl/α,β-unsaturated/α-hetero) is 1. The molecule has 7 nitrogen and oxygen atoms in total. The number of amides is 1. The van der Waals surface area contributed by atoms with Gasteiger partial charge in [-0.05, 0) is 75.4 Å². The molecule has 0 saturated carbocycles. The van der Waals surface area contributed by atoms with Crippen LogP contribution in [0.4, 0.5) is 17.3 Å². The van der Waals surface area contributed by atoms with Gasteiger partial charge in [-0.3, -0.25) is 9.59 Å². The summed E-state index contributed by atoms with van der Waals surface area (Å²) >= 11 is 0. The minimum absolute atomic E-state index is 0.0284. The van der Waals surface area contributed by atoms with Crippen LogP contribution < -0.4 is 15.4 Å². The first-order chi connectivity index (χ1) is 13.9. The zero-order chi connectivity index (χ0) is 20.8. The standard InChI is InChI=1S/C22H22N4O3/c1-4-29-19-11-9-18(10-12-19)25-22-23-14(2)13-20(26-22)21(28)24-17-7-5-16(6-8-17)15(3)27/h5-13H,4H2,1-3H3,(H,24,28)(H,23,25,26). The van der Waals surface area contributed by atoms with Crippen LogP contribution in [0.25, 0.3) is 0 Å². The van der Waals surface area contributed by atoms with Crippen LogP contribution in [0, 0.1) is 6.92 Å². The number of aromatic nitrogens is 2. The van der Waals surface area contributed by atoms with E-state index in [1.165, 1.54) is 6.92 Å². The molecular weight excluding hydrogens is 368 g/mol. The van der Waals surface area contributed by atoms with Crippen LogP contribution in [0.5, 0.6) is 5.75 Å². The van der Waals surface area contributed by atoms with Gasteiger partial charge in [0.2, 0.25) is 5.95 Å². The fraction of sp³-hybridized carbons (Fsp3) is 0.182. The molecule has 3 rings (SSSR count). The molecule has 0 fully saturated rings. The number of carbonyl (C=O) groups excluding carboxylic acids is 2. The SMILES string of the molecule is CCOc1ccc(Nc2nc(C)cc(C(=O)Nc3ccc(C(C)=O)cc3)n2)cc1. The second kappa shape index (κ2) is 8.97. The molecule has 0 spiro atoms. The van der Waals surface area contributed by atoms with Crippen LogP contribution in [0.1, 0.15) is 40.4 Å². The van der Waals surface area contributed by atoms with Crippen LogP contribution >= 0.6 is 0 Å². The van der Waals surface area contributed by atoms with E-state index in [2.05, 4.69) is 20.6 Å². The highest BCUT2D eigenvalue weighted by atomic mass is 16.5. The average molecular weight is 390 g/mol. The lowest BCUT2D eigenvalue weighted by atomic mass is 10.1. The lowest BCUT2D eigenvalue weighted by molar-refractivity contribution is 0.101. The van der Waals surface area contributed by atoms with E-state index in [4.69, 9.17) is 4.74 Å². The van der Waals surface area contributed by atoms with Gasteiger partial charge < -0.3 is 15.4 Å². The maximum Gasteiger partial charge on any atom is 0.274 e. The highest BCUT2D eigenvalue weighted by molar-refractivity contribution is 6.03. The van der Waals surface area contributed by atoms with Gasteiger partial charge in [0.1, 0.15) is 11.4 Å². The van der Waals surface area contributed by atoms with Gasteiger partial charge in [-0.2, -0.15) is 0 Å². The molecule has 2 aromatic carbocycles. The summed E-state index contributed by atoms with van der Waals surface area (Å²) in [5.74, 6) is 0.713. The van der Waals surface area contributed by atoms with Crippen LogP contribution in [-0.4, -0.2) is 28.3 Å². The van der Waals surface area contributed by atoms with Crippen molar-refractivity contribution in [1.29, 1.82) is 0 Å². The number of benzene rings is 2. The van der Waals surface area contributed by atoms with E-state index >= 15 is 0 Å². The number of anilines is 3. The zero-order valence-corrected chi connectivity index (χ0v) is 16.5. The largest absolute Gasteiger partial charge is 0.494 e. The number of nitrogens with one attached hydrogen (secondary N) is 2. The number of carbonyl (C=O) groups is 2. The average Bonchev–Trinajstić information content (AvgIpc) is 2.69. The van der Waals surface area contributed by atoms with E-state index in [1.807, 2.05) is 31.2 Å². The number of rotatable bonds is 7. The quantitative estimate of drug-likeness (QED) is 0.582. The van der Waals surface area contributed by atoms with E-state index in [0.29, 0.717) is 29.5 Å². The predicted molar refractivity (Wildman–Crippen MR) is 112 cm³/mol. The van der Waals surface area contributed by atoms with Crippen molar-refractivity contribution < 1.29 is 14.3 Å². The minimum atomic E-state index is -0.360. The Balaban J connectivity index is 1.73. The maximum absolute atomic E-state index is 12.6. The Kier molecular flexibility index (Phi) is 6.19. The predicted octanol–water partition coefficient (Wildman–Crippen LogP) is 4.38. The molecule has 29 heavy (non-hydrogen) atoms. The van der Waals surface area contributed by atoms with Crippen LogP contribution in [-0.2, 0) is 0 Å². The molecule has 0 saturated heterocycles. The summed E-state index contributed by atoms with van der Waals surface area (Å²) < 4.78 is 5.43. The first kappa shape index (κ1) is 20.0. The molecule has 1 amide bonds. The summed E-state index contributed by atoms with van der Waals surface area (Å²) in [6, 6.07) is 15.7. The molecule has 0 unspecified atom stereocenters. The van der Waals surface area contributed by atoms with Crippen LogP contribution in [0.3, 0.4) is 0 Å². The monoisotopic (exact) mass is 390 g/mol. The van der Waals surface area contributed by atoms with Gasteiger partial charge in [0, 0.05) is 22.6 Å². The minimum Gasteiger partial charge on any atom is -0.494 e. The molecule has 2 N–H and O–H groups in total. The van der Waals surface area contributed by atoms with Gasteiger partial charge in [-0.1, -0.05) is 0 Å². The van der Waals surface area contributed by atoms with Crippen molar-refractivity contribution >= 4 is 29.0 Å². The molecule has 0 radical (unpaired) electrons. The van der Waals surface area contributed by atoms with Crippen molar-refractivity contribution in [2.45, 2.75) is 20.8 Å². The second-order valence-electron chi connectivity index (χ2n) is 6.39. The van der Waals surface area contributed by atoms with Crippen molar-refractivity contribution in [2.75, 3.05) is 17.2 Å². The van der Waals surface area contributed by atoms with E-state index < -0.39 is 0 Å². The Bertz CT molecular complexity index is 1020. The number of hydrogen-bond acceptors (Lipinski definition) is 6. The Morgan fingerprint density at radius 1 is 0.966 bits per heavy atom. The maximum atomic E-state index is 12.6. The van der Waals surface area contributed by atoms with E-state index in [9.17, 15) is 9.59 Å². The molecule has 1 aromatic heterocycles. The summed E-state index contributed by atoms with van der Waals surface area (Å²) in [6.07, 6.45) is 0. The van der Waals surface area contributed by atoms with E-state index in [-0.39, 0.29) is 17.4 Å². The molecule has 0 aliphatic heterocycles. The van der Waals surface area contributed by atoms with E-state index in [0.717, 1.165) is 11.4 Å². The molecule has 1 heterocycles. The number of aryl methyl sites for hydroxylation is 1. The second-order valence-corrected chi connectivity index (χ2v) is 6.39. The van der Waals surface area contributed by atoms with Gasteiger partial charge in [0.25, 0.3) is 5.91 Å². The first-order valence-corrected chi connectivity index (χ1v) is 9.22. The molecule has 0 aliphatic rings. The van der Waals surface area contributed by atoms with Gasteiger partial charge >= 0.3 is 0 Å². The molecule has 0 bridgehead atoms. The highest BCUT2D eigenvalue weighted by Gasteiger charge is 2.12. The van der Waals surface area contributed by atoms with E-state index in [1.54, 1.807) is 37.3 Å². The van der Waals surface area contributed by atoms with Crippen molar-refractivity contribution in [1.82, 2.24) is 9.97 Å². The highest BCUT2D eigenvalue weighted by Crippen LogP contribution is 2.19. The van der Waals surface area contributed by atoms with Crippen molar-refractivity contribution in [3.63, 3.8) is 0 Å². The number of ether oxygens (including phenoxy) is 1. The van der Waals surface area contributed by atoms with Gasteiger partial charge in [0.15, 0.2) is 5.78 Å². The van der Waals surface area contributed by atoms with Crippen molar-refractivity contribution in [2.24, 2.45) is 0 Å². The molecular formula is C22H22N4O3. The molecule has 0 atom stereocenters. The van der Waals surface area contributed by atoms with Crippen molar-refractivity contribution in [3.05, 3.63) is 71.5 Å². The molecule has 148 valence electrons. The molecule has 3 aromatic rings. The summed E-state index contributed by atoms with van der Waals surface area (Å²) in [6.45, 7) is 5.82. The smallest absolute Gasteiger partial charge is 0.274 e. The van der Waals surface area contributed by atoms with Crippen molar-refractivity contribution in [3.8, 4) is 5.75 Å². The van der Waals surface area contributed by atoms with Gasteiger partial charge in [-0.25, -0.2) is 9.97 Å². The van der Waals surface area contributed by atoms with Crippen LogP contribution in [0.15, 0.2) is 54.6 Å². The fourth-order valence-corrected chi connectivity index (χ4v) is 2.65.